The molecule has 0 aliphatic carbocycles. The first-order valence-corrected chi connectivity index (χ1v) is 4.63. The van der Waals surface area contributed by atoms with Crippen molar-refractivity contribution in [2.45, 2.75) is 30.3 Å². The molecule has 0 bridgehead atoms. The van der Waals surface area contributed by atoms with Crippen LogP contribution in [0.4, 0.5) is 35.1 Å². The summed E-state index contributed by atoms with van der Waals surface area (Å²) in [4.78, 5) is 0. The van der Waals surface area contributed by atoms with Gasteiger partial charge in [0.05, 0.1) is 13.2 Å². The molecule has 1 unspecified atom stereocenters. The molecule has 1 saturated heterocycles. The summed E-state index contributed by atoms with van der Waals surface area (Å²) >= 11 is 0. The molecule has 1 rings (SSSR count). The molecule has 0 N–H and O–H groups in total. The van der Waals surface area contributed by atoms with Gasteiger partial charge in [-0.25, -0.2) is 8.78 Å². The normalized spacial score (nSPS) is 21.5. The Bertz CT molecular complexity index is 289. The van der Waals surface area contributed by atoms with Gasteiger partial charge in [0.25, 0.3) is 0 Å². The third kappa shape index (κ3) is 2.85. The Labute approximate surface area is 95.8 Å². The van der Waals surface area contributed by atoms with Crippen molar-refractivity contribution < 1.29 is 44.6 Å². The van der Waals surface area contributed by atoms with E-state index < -0.39 is 43.5 Å². The van der Waals surface area contributed by atoms with E-state index in [1.54, 1.807) is 0 Å². The first-order chi connectivity index (χ1) is 8.02. The Hall–Kier alpha value is -0.640. The maximum Gasteiger partial charge on any atom is 0.380 e. The van der Waals surface area contributed by atoms with E-state index in [-0.39, 0.29) is 6.61 Å². The molecule has 1 atom stereocenters. The van der Waals surface area contributed by atoms with E-state index in [2.05, 4.69) is 9.47 Å². The van der Waals surface area contributed by atoms with Gasteiger partial charge < -0.3 is 9.47 Å². The minimum atomic E-state index is -6.21. The summed E-state index contributed by atoms with van der Waals surface area (Å²) in [5, 5.41) is 0. The number of hydrogen-bond donors (Lipinski definition) is 0. The number of hydrogen-bond acceptors (Lipinski definition) is 2. The van der Waals surface area contributed by atoms with E-state index in [0.717, 1.165) is 0 Å². The lowest BCUT2D eigenvalue weighted by Crippen LogP contribution is -2.59. The molecule has 108 valence electrons. The van der Waals surface area contributed by atoms with Gasteiger partial charge in [0.15, 0.2) is 0 Å². The van der Waals surface area contributed by atoms with Crippen molar-refractivity contribution in [2.75, 3.05) is 19.8 Å². The van der Waals surface area contributed by atoms with Crippen LogP contribution in [0, 0.1) is 0 Å². The lowest BCUT2D eigenvalue weighted by atomic mass is 10.1. The average molecular weight is 288 g/mol. The molecule has 1 aliphatic rings. The molecular weight excluding hydrogens is 280 g/mol. The van der Waals surface area contributed by atoms with Crippen LogP contribution in [0.25, 0.3) is 0 Å². The molecule has 0 radical (unpaired) electrons. The lowest BCUT2D eigenvalue weighted by molar-refractivity contribution is -0.346. The average Bonchev–Trinajstić information content (AvgIpc) is 3.00. The highest BCUT2D eigenvalue weighted by Crippen LogP contribution is 2.48. The summed E-state index contributed by atoms with van der Waals surface area (Å²) < 4.78 is 108. The zero-order chi connectivity index (χ0) is 14.2. The van der Waals surface area contributed by atoms with Crippen LogP contribution in [0.1, 0.15) is 0 Å². The van der Waals surface area contributed by atoms with E-state index in [1.165, 1.54) is 0 Å². The summed E-state index contributed by atoms with van der Waals surface area (Å²) in [5.74, 6) is -17.8. The largest absolute Gasteiger partial charge is 0.380 e. The van der Waals surface area contributed by atoms with Crippen LogP contribution in [0.5, 0.6) is 0 Å². The number of rotatable bonds is 7. The van der Waals surface area contributed by atoms with Gasteiger partial charge in [-0.15, -0.1) is 0 Å². The Morgan fingerprint density at radius 3 is 2.00 bits per heavy atom. The smallest absolute Gasteiger partial charge is 0.372 e. The standard InChI is InChI=1S/C8H8F8O2/c9-5(10)7(13,14)8(15,16)6(11,12)3-17-1-4-2-18-4/h4-5H,1-3H2. The van der Waals surface area contributed by atoms with Gasteiger partial charge in [0.2, 0.25) is 0 Å². The van der Waals surface area contributed by atoms with Crippen LogP contribution in [-0.4, -0.2) is 50.1 Å². The molecule has 0 amide bonds. The zero-order valence-electron chi connectivity index (χ0n) is 8.62. The fourth-order valence-electron chi connectivity index (χ4n) is 0.954. The highest BCUT2D eigenvalue weighted by Gasteiger charge is 2.75. The van der Waals surface area contributed by atoms with Gasteiger partial charge >= 0.3 is 24.2 Å². The SMILES string of the molecule is FC(F)C(F)(F)C(F)(F)C(F)(F)COCC1CO1. The Morgan fingerprint density at radius 2 is 1.61 bits per heavy atom. The molecular formula is C8H8F8O2. The van der Waals surface area contributed by atoms with Crippen LogP contribution in [0.15, 0.2) is 0 Å². The molecule has 1 fully saturated rings. The second-order valence-electron chi connectivity index (χ2n) is 3.67. The number of ether oxygens (including phenoxy) is 2. The first-order valence-electron chi connectivity index (χ1n) is 4.63. The van der Waals surface area contributed by atoms with Crippen molar-refractivity contribution >= 4 is 0 Å². The molecule has 1 heterocycles. The highest BCUT2D eigenvalue weighted by molar-refractivity contribution is 4.97. The predicted molar refractivity (Wildman–Crippen MR) is 41.4 cm³/mol. The van der Waals surface area contributed by atoms with E-state index in [0.29, 0.717) is 0 Å². The van der Waals surface area contributed by atoms with Crippen molar-refractivity contribution in [1.29, 1.82) is 0 Å². The van der Waals surface area contributed by atoms with Gasteiger partial charge in [0, 0.05) is 0 Å². The number of halogens is 8. The van der Waals surface area contributed by atoms with Gasteiger partial charge in [0.1, 0.15) is 12.7 Å². The fourth-order valence-corrected chi connectivity index (χ4v) is 0.954. The fraction of sp³-hybridized carbons (Fsp3) is 1.00. The quantitative estimate of drug-likeness (QED) is 0.530. The van der Waals surface area contributed by atoms with Gasteiger partial charge in [-0.1, -0.05) is 0 Å². The summed E-state index contributed by atoms with van der Waals surface area (Å²) in [7, 11) is 0. The van der Waals surface area contributed by atoms with Crippen molar-refractivity contribution in [1.82, 2.24) is 0 Å². The van der Waals surface area contributed by atoms with E-state index >= 15 is 0 Å². The van der Waals surface area contributed by atoms with Crippen LogP contribution in [0.2, 0.25) is 0 Å². The monoisotopic (exact) mass is 288 g/mol. The van der Waals surface area contributed by atoms with Crippen molar-refractivity contribution in [3.63, 3.8) is 0 Å². The summed E-state index contributed by atoms with van der Waals surface area (Å²) in [5.41, 5.74) is 0. The summed E-state index contributed by atoms with van der Waals surface area (Å²) in [6, 6.07) is 0. The Balaban J connectivity index is 2.66. The van der Waals surface area contributed by atoms with E-state index in [9.17, 15) is 35.1 Å². The summed E-state index contributed by atoms with van der Waals surface area (Å²) in [6.45, 7) is -2.41. The number of alkyl halides is 8. The molecule has 0 aromatic carbocycles. The summed E-state index contributed by atoms with van der Waals surface area (Å²) in [6.07, 6.45) is -5.46. The minimum absolute atomic E-state index is 0.176. The van der Waals surface area contributed by atoms with Gasteiger partial charge in [-0.3, -0.25) is 0 Å². The maximum atomic E-state index is 12.8. The maximum absolute atomic E-state index is 12.8. The third-order valence-electron chi connectivity index (χ3n) is 2.14. The van der Waals surface area contributed by atoms with Crippen molar-refractivity contribution in [3.8, 4) is 0 Å². The van der Waals surface area contributed by atoms with Crippen LogP contribution >= 0.6 is 0 Å². The second-order valence-corrected chi connectivity index (χ2v) is 3.67. The number of epoxide rings is 1. The van der Waals surface area contributed by atoms with Crippen LogP contribution in [-0.2, 0) is 9.47 Å². The Kier molecular flexibility index (Phi) is 4.11. The molecule has 2 nitrogen and oxygen atoms in total. The topological polar surface area (TPSA) is 21.8 Å². The minimum Gasteiger partial charge on any atom is -0.372 e. The molecule has 0 saturated carbocycles. The molecule has 1 aliphatic heterocycles. The van der Waals surface area contributed by atoms with Crippen molar-refractivity contribution in [2.24, 2.45) is 0 Å². The predicted octanol–water partition coefficient (Wildman–Crippen LogP) is 2.57. The lowest BCUT2D eigenvalue weighted by Gasteiger charge is -2.31. The molecule has 0 aromatic heterocycles. The van der Waals surface area contributed by atoms with Gasteiger partial charge in [-0.2, -0.15) is 26.3 Å². The second kappa shape index (κ2) is 4.80. The van der Waals surface area contributed by atoms with Crippen molar-refractivity contribution in [3.05, 3.63) is 0 Å². The Morgan fingerprint density at radius 1 is 1.11 bits per heavy atom. The van der Waals surface area contributed by atoms with Crippen LogP contribution in [0.3, 0.4) is 0 Å². The first kappa shape index (κ1) is 15.4. The molecule has 0 aromatic rings. The molecule has 18 heavy (non-hydrogen) atoms. The zero-order valence-corrected chi connectivity index (χ0v) is 8.62. The molecule has 0 spiro atoms. The van der Waals surface area contributed by atoms with E-state index in [4.69, 9.17) is 0 Å². The third-order valence-corrected chi connectivity index (χ3v) is 2.14. The molecule has 10 heteroatoms. The van der Waals surface area contributed by atoms with Crippen LogP contribution < -0.4 is 0 Å². The highest BCUT2D eigenvalue weighted by atomic mass is 19.4. The van der Waals surface area contributed by atoms with Gasteiger partial charge in [-0.05, 0) is 0 Å². The van der Waals surface area contributed by atoms with E-state index in [1.807, 2.05) is 0 Å².